The van der Waals surface area contributed by atoms with Crippen molar-refractivity contribution in [3.8, 4) is 5.75 Å². The quantitative estimate of drug-likeness (QED) is 0.870. The zero-order valence-corrected chi connectivity index (χ0v) is 12.8. The number of rotatable bonds is 3. The van der Waals surface area contributed by atoms with Gasteiger partial charge in [0.2, 0.25) is 5.76 Å². The monoisotopic (exact) mass is 301 g/mol. The van der Waals surface area contributed by atoms with Gasteiger partial charge in [-0.3, -0.25) is 9.78 Å². The first kappa shape index (κ1) is 14.6. The van der Waals surface area contributed by atoms with E-state index in [1.54, 1.807) is 24.2 Å². The van der Waals surface area contributed by atoms with Gasteiger partial charge >= 0.3 is 0 Å². The highest BCUT2D eigenvalue weighted by Crippen LogP contribution is 2.22. The molecule has 1 aliphatic rings. The summed E-state index contributed by atoms with van der Waals surface area (Å²) in [5.74, 6) is 1.11. The van der Waals surface area contributed by atoms with Crippen LogP contribution in [0.1, 0.15) is 34.7 Å². The zero-order chi connectivity index (χ0) is 15.5. The lowest BCUT2D eigenvalue weighted by Gasteiger charge is -2.32. The van der Waals surface area contributed by atoms with Crippen LogP contribution in [0.2, 0.25) is 0 Å². The number of pyridine rings is 1. The Hall–Kier alpha value is -2.37. The molecule has 116 valence electrons. The molecule has 2 aromatic heterocycles. The van der Waals surface area contributed by atoms with Crippen molar-refractivity contribution >= 4 is 5.91 Å². The largest absolute Gasteiger partial charge is 0.490 e. The van der Waals surface area contributed by atoms with E-state index in [-0.39, 0.29) is 12.0 Å². The van der Waals surface area contributed by atoms with Gasteiger partial charge in [0.25, 0.3) is 5.91 Å². The van der Waals surface area contributed by atoms with Crippen molar-refractivity contribution in [2.45, 2.75) is 32.8 Å². The predicted molar refractivity (Wildman–Crippen MR) is 79.8 cm³/mol. The van der Waals surface area contributed by atoms with Gasteiger partial charge in [-0.25, -0.2) is 4.98 Å². The molecule has 3 rings (SSSR count). The van der Waals surface area contributed by atoms with Crippen molar-refractivity contribution in [2.75, 3.05) is 13.1 Å². The third kappa shape index (κ3) is 2.95. The fraction of sp³-hybridized carbons (Fsp3) is 0.438. The van der Waals surface area contributed by atoms with Crippen molar-refractivity contribution in [1.29, 1.82) is 0 Å². The van der Waals surface area contributed by atoms with Crippen LogP contribution in [0, 0.1) is 13.8 Å². The molecule has 3 heterocycles. The van der Waals surface area contributed by atoms with Gasteiger partial charge in [-0.2, -0.15) is 0 Å². The Morgan fingerprint density at radius 2 is 2.14 bits per heavy atom. The number of piperidine rings is 1. The third-order valence-corrected chi connectivity index (χ3v) is 3.93. The number of likely N-dealkylation sites (tertiary alicyclic amines) is 1. The summed E-state index contributed by atoms with van der Waals surface area (Å²) in [6.45, 7) is 5.08. The Bertz CT molecular complexity index is 660. The first-order valence-corrected chi connectivity index (χ1v) is 7.42. The van der Waals surface area contributed by atoms with Gasteiger partial charge in [0.15, 0.2) is 6.39 Å². The SMILES string of the molecule is Cc1cnccc1OC1CCN(C(=O)c2ocnc2C)CC1. The van der Waals surface area contributed by atoms with Crippen molar-refractivity contribution in [3.05, 3.63) is 41.9 Å². The number of oxazole rings is 1. The summed E-state index contributed by atoms with van der Waals surface area (Å²) >= 11 is 0. The fourth-order valence-electron chi connectivity index (χ4n) is 2.60. The van der Waals surface area contributed by atoms with Crippen LogP contribution in [0.3, 0.4) is 0 Å². The standard InChI is InChI=1S/C16H19N3O3/c1-11-9-17-6-3-14(11)22-13-4-7-19(8-5-13)16(20)15-12(2)18-10-21-15/h3,6,9-10,13H,4-5,7-8H2,1-2H3. The van der Waals surface area contributed by atoms with Crippen LogP contribution < -0.4 is 4.74 Å². The number of hydrogen-bond donors (Lipinski definition) is 0. The van der Waals surface area contributed by atoms with E-state index in [0.717, 1.165) is 24.2 Å². The maximum Gasteiger partial charge on any atom is 0.291 e. The molecule has 0 unspecified atom stereocenters. The molecule has 1 saturated heterocycles. The molecule has 1 amide bonds. The molecular formula is C16H19N3O3. The predicted octanol–water partition coefficient (Wildman–Crippen LogP) is 2.37. The summed E-state index contributed by atoms with van der Waals surface area (Å²) in [5.41, 5.74) is 1.66. The van der Waals surface area contributed by atoms with Gasteiger partial charge in [0.05, 0.1) is 5.69 Å². The molecule has 0 aliphatic carbocycles. The van der Waals surface area contributed by atoms with Crippen LogP contribution in [0.25, 0.3) is 0 Å². The zero-order valence-electron chi connectivity index (χ0n) is 12.8. The second kappa shape index (κ2) is 6.17. The Labute approximate surface area is 129 Å². The van der Waals surface area contributed by atoms with Crippen LogP contribution in [0.4, 0.5) is 0 Å². The Kier molecular flexibility index (Phi) is 4.09. The van der Waals surface area contributed by atoms with Gasteiger partial charge in [-0.15, -0.1) is 0 Å². The number of nitrogens with zero attached hydrogens (tertiary/aromatic N) is 3. The molecule has 2 aromatic rings. The lowest BCUT2D eigenvalue weighted by molar-refractivity contribution is 0.0564. The van der Waals surface area contributed by atoms with Crippen molar-refractivity contribution in [2.24, 2.45) is 0 Å². The summed E-state index contributed by atoms with van der Waals surface area (Å²) in [4.78, 5) is 22.2. The van der Waals surface area contributed by atoms with E-state index in [1.165, 1.54) is 6.39 Å². The number of aromatic nitrogens is 2. The number of hydrogen-bond acceptors (Lipinski definition) is 5. The Morgan fingerprint density at radius 3 is 2.77 bits per heavy atom. The average Bonchev–Trinajstić information content (AvgIpc) is 2.96. The van der Waals surface area contributed by atoms with Gasteiger partial charge in [-0.1, -0.05) is 0 Å². The van der Waals surface area contributed by atoms with E-state index < -0.39 is 0 Å². The van der Waals surface area contributed by atoms with Gasteiger partial charge in [-0.05, 0) is 19.9 Å². The van der Waals surface area contributed by atoms with Crippen LogP contribution in [-0.4, -0.2) is 40.0 Å². The molecule has 0 aromatic carbocycles. The van der Waals surface area contributed by atoms with Gasteiger partial charge in [0, 0.05) is 43.9 Å². The van der Waals surface area contributed by atoms with E-state index in [9.17, 15) is 4.79 Å². The number of carbonyl (C=O) groups excluding carboxylic acids is 1. The normalized spacial score (nSPS) is 15.8. The number of aryl methyl sites for hydroxylation is 2. The van der Waals surface area contributed by atoms with Gasteiger partial charge in [0.1, 0.15) is 11.9 Å². The number of carbonyl (C=O) groups is 1. The minimum Gasteiger partial charge on any atom is -0.490 e. The molecule has 0 atom stereocenters. The minimum atomic E-state index is -0.0893. The first-order chi connectivity index (χ1) is 10.6. The van der Waals surface area contributed by atoms with E-state index in [0.29, 0.717) is 24.5 Å². The first-order valence-electron chi connectivity index (χ1n) is 7.42. The molecule has 6 heteroatoms. The molecule has 22 heavy (non-hydrogen) atoms. The lowest BCUT2D eigenvalue weighted by Crippen LogP contribution is -2.41. The van der Waals surface area contributed by atoms with Crippen LogP contribution in [0.15, 0.2) is 29.3 Å². The molecule has 1 aliphatic heterocycles. The van der Waals surface area contributed by atoms with Gasteiger partial charge < -0.3 is 14.1 Å². The van der Waals surface area contributed by atoms with E-state index in [2.05, 4.69) is 9.97 Å². The van der Waals surface area contributed by atoms with E-state index >= 15 is 0 Å². The highest BCUT2D eigenvalue weighted by Gasteiger charge is 2.27. The Morgan fingerprint density at radius 1 is 1.36 bits per heavy atom. The third-order valence-electron chi connectivity index (χ3n) is 3.93. The smallest absolute Gasteiger partial charge is 0.291 e. The summed E-state index contributed by atoms with van der Waals surface area (Å²) in [7, 11) is 0. The van der Waals surface area contributed by atoms with Crippen molar-refractivity contribution in [3.63, 3.8) is 0 Å². The van der Waals surface area contributed by atoms with Crippen molar-refractivity contribution in [1.82, 2.24) is 14.9 Å². The Balaban J connectivity index is 1.58. The van der Waals surface area contributed by atoms with Crippen LogP contribution in [0.5, 0.6) is 5.75 Å². The summed E-state index contributed by atoms with van der Waals surface area (Å²) < 4.78 is 11.2. The molecular weight excluding hydrogens is 282 g/mol. The molecule has 1 fully saturated rings. The summed E-state index contributed by atoms with van der Waals surface area (Å²) in [6, 6.07) is 1.88. The maximum absolute atomic E-state index is 12.3. The molecule has 0 saturated carbocycles. The van der Waals surface area contributed by atoms with E-state index in [1.807, 2.05) is 13.0 Å². The highest BCUT2D eigenvalue weighted by molar-refractivity contribution is 5.92. The fourth-order valence-corrected chi connectivity index (χ4v) is 2.60. The average molecular weight is 301 g/mol. The topological polar surface area (TPSA) is 68.5 Å². The summed E-state index contributed by atoms with van der Waals surface area (Å²) in [5, 5.41) is 0. The van der Waals surface area contributed by atoms with Crippen LogP contribution >= 0.6 is 0 Å². The second-order valence-electron chi connectivity index (χ2n) is 5.52. The van der Waals surface area contributed by atoms with E-state index in [4.69, 9.17) is 9.15 Å². The van der Waals surface area contributed by atoms with Crippen LogP contribution in [-0.2, 0) is 0 Å². The molecule has 0 radical (unpaired) electrons. The highest BCUT2D eigenvalue weighted by atomic mass is 16.5. The molecule has 6 nitrogen and oxygen atoms in total. The number of ether oxygens (including phenoxy) is 1. The summed E-state index contributed by atoms with van der Waals surface area (Å²) in [6.07, 6.45) is 6.57. The van der Waals surface area contributed by atoms with Crippen molar-refractivity contribution < 1.29 is 13.9 Å². The minimum absolute atomic E-state index is 0.0893. The number of amides is 1. The second-order valence-corrected chi connectivity index (χ2v) is 5.52. The molecule has 0 N–H and O–H groups in total. The molecule has 0 spiro atoms. The lowest BCUT2D eigenvalue weighted by atomic mass is 10.1. The molecule has 0 bridgehead atoms. The maximum atomic E-state index is 12.3.